The van der Waals surface area contributed by atoms with Crippen molar-refractivity contribution in [2.75, 3.05) is 12.3 Å². The van der Waals surface area contributed by atoms with Crippen LogP contribution in [0.1, 0.15) is 16.0 Å². The number of imidazole rings is 1. The minimum Gasteiger partial charge on any atom is -0.337 e. The number of benzene rings is 1. The van der Waals surface area contributed by atoms with E-state index in [-0.39, 0.29) is 5.91 Å². The summed E-state index contributed by atoms with van der Waals surface area (Å²) in [7, 11) is 0. The molecule has 0 spiro atoms. The first-order chi connectivity index (χ1) is 12.2. The number of rotatable bonds is 4. The summed E-state index contributed by atoms with van der Waals surface area (Å²) in [5, 5.41) is 2.97. The number of aryl methyl sites for hydroxylation is 1. The first-order valence-corrected chi connectivity index (χ1v) is 10.1. The standard InChI is InChI=1S/C19H19N3OS2/c1-14-3-2-4-16(11-14)22-9-7-20-19(22)25-13-18(23)21-8-5-17-15(12-21)6-10-24-17/h2-4,6-7,9-11H,5,8,12-13H2,1H3. The first kappa shape index (κ1) is 16.4. The van der Waals surface area contributed by atoms with E-state index in [0.29, 0.717) is 5.75 Å². The number of aromatic nitrogens is 2. The van der Waals surface area contributed by atoms with Crippen LogP contribution in [0.15, 0.2) is 53.3 Å². The Kier molecular flexibility index (Phi) is 4.63. The quantitative estimate of drug-likeness (QED) is 0.654. The van der Waals surface area contributed by atoms with Crippen LogP contribution in [0.4, 0.5) is 0 Å². The van der Waals surface area contributed by atoms with Crippen molar-refractivity contribution in [2.45, 2.75) is 25.0 Å². The molecule has 2 aromatic heterocycles. The average molecular weight is 370 g/mol. The van der Waals surface area contributed by atoms with E-state index in [1.807, 2.05) is 21.7 Å². The molecule has 0 saturated carbocycles. The van der Waals surface area contributed by atoms with Gasteiger partial charge in [0.25, 0.3) is 0 Å². The minimum absolute atomic E-state index is 0.181. The molecular weight excluding hydrogens is 350 g/mol. The van der Waals surface area contributed by atoms with Crippen LogP contribution in [0, 0.1) is 6.92 Å². The number of amides is 1. The van der Waals surface area contributed by atoms with Crippen molar-refractivity contribution < 1.29 is 4.79 Å². The molecule has 4 nitrogen and oxygen atoms in total. The molecular formula is C19H19N3OS2. The van der Waals surface area contributed by atoms with E-state index >= 15 is 0 Å². The highest BCUT2D eigenvalue weighted by Crippen LogP contribution is 2.26. The summed E-state index contributed by atoms with van der Waals surface area (Å²) >= 11 is 3.30. The molecule has 0 N–H and O–H groups in total. The predicted octanol–water partition coefficient (Wildman–Crippen LogP) is 3.92. The van der Waals surface area contributed by atoms with Gasteiger partial charge >= 0.3 is 0 Å². The molecule has 0 fully saturated rings. The maximum atomic E-state index is 12.6. The zero-order chi connectivity index (χ0) is 17.2. The van der Waals surface area contributed by atoms with Crippen LogP contribution in [-0.2, 0) is 17.8 Å². The zero-order valence-electron chi connectivity index (χ0n) is 14.0. The Morgan fingerprint density at radius 1 is 1.36 bits per heavy atom. The smallest absolute Gasteiger partial charge is 0.233 e. The molecule has 0 aliphatic carbocycles. The molecule has 0 saturated heterocycles. The molecule has 4 rings (SSSR count). The molecule has 128 valence electrons. The third-order valence-corrected chi connectivity index (χ3v) is 6.35. The fourth-order valence-corrected chi connectivity index (χ4v) is 4.82. The lowest BCUT2D eigenvalue weighted by Gasteiger charge is -2.26. The SMILES string of the molecule is Cc1cccc(-n2ccnc2SCC(=O)N2CCc3sccc3C2)c1. The number of hydrogen-bond acceptors (Lipinski definition) is 4. The van der Waals surface area contributed by atoms with E-state index in [2.05, 4.69) is 41.6 Å². The Labute approximate surface area is 155 Å². The van der Waals surface area contributed by atoms with E-state index < -0.39 is 0 Å². The second kappa shape index (κ2) is 7.06. The second-order valence-electron chi connectivity index (χ2n) is 6.14. The van der Waals surface area contributed by atoms with Crippen molar-refractivity contribution in [1.29, 1.82) is 0 Å². The minimum atomic E-state index is 0.181. The molecule has 1 amide bonds. The largest absolute Gasteiger partial charge is 0.337 e. The Balaban J connectivity index is 1.42. The molecule has 0 unspecified atom stereocenters. The molecule has 25 heavy (non-hydrogen) atoms. The highest BCUT2D eigenvalue weighted by Gasteiger charge is 2.22. The van der Waals surface area contributed by atoms with Crippen LogP contribution in [-0.4, -0.2) is 32.7 Å². The van der Waals surface area contributed by atoms with Crippen molar-refractivity contribution in [2.24, 2.45) is 0 Å². The van der Waals surface area contributed by atoms with E-state index in [0.717, 1.165) is 30.4 Å². The summed E-state index contributed by atoms with van der Waals surface area (Å²) < 4.78 is 2.04. The molecule has 3 heterocycles. The van der Waals surface area contributed by atoms with Crippen LogP contribution in [0.25, 0.3) is 5.69 Å². The summed E-state index contributed by atoms with van der Waals surface area (Å²) in [5.41, 5.74) is 3.59. The molecule has 1 aliphatic heterocycles. The number of fused-ring (bicyclic) bond motifs is 1. The third-order valence-electron chi connectivity index (χ3n) is 4.37. The van der Waals surface area contributed by atoms with Crippen LogP contribution >= 0.6 is 23.1 Å². The van der Waals surface area contributed by atoms with Crippen molar-refractivity contribution >= 4 is 29.0 Å². The summed E-state index contributed by atoms with van der Waals surface area (Å²) in [6, 6.07) is 10.4. The van der Waals surface area contributed by atoms with Gasteiger partial charge in [-0.05, 0) is 48.1 Å². The van der Waals surface area contributed by atoms with E-state index in [1.165, 1.54) is 27.8 Å². The summed E-state index contributed by atoms with van der Waals surface area (Å²) in [6.45, 7) is 3.63. The summed E-state index contributed by atoms with van der Waals surface area (Å²) in [4.78, 5) is 20.4. The van der Waals surface area contributed by atoms with Gasteiger partial charge in [-0.15, -0.1) is 11.3 Å². The second-order valence-corrected chi connectivity index (χ2v) is 8.08. The highest BCUT2D eigenvalue weighted by atomic mass is 32.2. The Morgan fingerprint density at radius 2 is 2.28 bits per heavy atom. The van der Waals surface area contributed by atoms with Gasteiger partial charge in [0, 0.05) is 36.0 Å². The molecule has 0 bridgehead atoms. The van der Waals surface area contributed by atoms with Gasteiger partial charge in [0.15, 0.2) is 5.16 Å². The van der Waals surface area contributed by atoms with Gasteiger partial charge in [0.2, 0.25) is 5.91 Å². The van der Waals surface area contributed by atoms with E-state index in [1.54, 1.807) is 17.5 Å². The summed E-state index contributed by atoms with van der Waals surface area (Å²) in [6.07, 6.45) is 4.70. The normalized spacial score (nSPS) is 13.7. The van der Waals surface area contributed by atoms with Gasteiger partial charge in [-0.25, -0.2) is 4.98 Å². The molecule has 3 aromatic rings. The lowest BCUT2D eigenvalue weighted by atomic mass is 10.1. The van der Waals surface area contributed by atoms with Gasteiger partial charge in [0.1, 0.15) is 0 Å². The van der Waals surface area contributed by atoms with Crippen LogP contribution in [0.3, 0.4) is 0 Å². The van der Waals surface area contributed by atoms with Gasteiger partial charge in [-0.2, -0.15) is 0 Å². The third kappa shape index (κ3) is 3.50. The molecule has 0 radical (unpaired) electrons. The number of carbonyl (C=O) groups is 1. The van der Waals surface area contributed by atoms with Gasteiger partial charge in [-0.3, -0.25) is 9.36 Å². The Hall–Kier alpha value is -2.05. The van der Waals surface area contributed by atoms with E-state index in [9.17, 15) is 4.79 Å². The van der Waals surface area contributed by atoms with Gasteiger partial charge in [-0.1, -0.05) is 23.9 Å². The molecule has 6 heteroatoms. The molecule has 1 aliphatic rings. The van der Waals surface area contributed by atoms with Crippen LogP contribution < -0.4 is 0 Å². The molecule has 1 aromatic carbocycles. The number of thiophene rings is 1. The zero-order valence-corrected chi connectivity index (χ0v) is 15.6. The van der Waals surface area contributed by atoms with Crippen molar-refractivity contribution in [3.63, 3.8) is 0 Å². The Bertz CT molecular complexity index is 899. The van der Waals surface area contributed by atoms with Gasteiger partial charge < -0.3 is 4.90 Å². The predicted molar refractivity (Wildman–Crippen MR) is 102 cm³/mol. The van der Waals surface area contributed by atoms with Crippen molar-refractivity contribution in [3.8, 4) is 5.69 Å². The number of hydrogen-bond donors (Lipinski definition) is 0. The lowest BCUT2D eigenvalue weighted by Crippen LogP contribution is -2.36. The topological polar surface area (TPSA) is 38.1 Å². The highest BCUT2D eigenvalue weighted by molar-refractivity contribution is 7.99. The lowest BCUT2D eigenvalue weighted by molar-refractivity contribution is -0.129. The number of nitrogens with zero attached hydrogens (tertiary/aromatic N) is 3. The Morgan fingerprint density at radius 3 is 3.16 bits per heavy atom. The summed E-state index contributed by atoms with van der Waals surface area (Å²) in [5.74, 6) is 0.600. The van der Waals surface area contributed by atoms with Crippen molar-refractivity contribution in [3.05, 3.63) is 64.1 Å². The first-order valence-electron chi connectivity index (χ1n) is 8.27. The maximum absolute atomic E-state index is 12.6. The number of thioether (sulfide) groups is 1. The van der Waals surface area contributed by atoms with Gasteiger partial charge in [0.05, 0.1) is 5.75 Å². The van der Waals surface area contributed by atoms with Crippen LogP contribution in [0.5, 0.6) is 0 Å². The fourth-order valence-electron chi connectivity index (χ4n) is 3.05. The average Bonchev–Trinajstić information content (AvgIpc) is 3.28. The van der Waals surface area contributed by atoms with E-state index in [4.69, 9.17) is 0 Å². The number of carbonyl (C=O) groups excluding carboxylic acids is 1. The maximum Gasteiger partial charge on any atom is 0.233 e. The van der Waals surface area contributed by atoms with Crippen LogP contribution in [0.2, 0.25) is 0 Å². The molecule has 0 atom stereocenters. The monoisotopic (exact) mass is 369 g/mol. The fraction of sp³-hybridized carbons (Fsp3) is 0.263. The van der Waals surface area contributed by atoms with Crippen molar-refractivity contribution in [1.82, 2.24) is 14.5 Å².